The lowest BCUT2D eigenvalue weighted by molar-refractivity contribution is 0.0939. The highest BCUT2D eigenvalue weighted by Crippen LogP contribution is 2.23. The van der Waals surface area contributed by atoms with Crippen LogP contribution >= 0.6 is 0 Å². The van der Waals surface area contributed by atoms with Crippen LogP contribution in [0.2, 0.25) is 0 Å². The first kappa shape index (κ1) is 18.1. The lowest BCUT2D eigenvalue weighted by Crippen LogP contribution is -2.35. The SMILES string of the molecule is Cc1noc(C(C)C)c1C(=O)NC[C@@H](c1cccc(F)c1)N(C)C. The van der Waals surface area contributed by atoms with Gasteiger partial charge in [0.25, 0.3) is 5.91 Å². The van der Waals surface area contributed by atoms with Gasteiger partial charge in [0.15, 0.2) is 5.76 Å². The summed E-state index contributed by atoms with van der Waals surface area (Å²) in [7, 11) is 3.79. The van der Waals surface area contributed by atoms with E-state index in [1.54, 1.807) is 13.0 Å². The molecule has 1 amide bonds. The Kier molecular flexibility index (Phi) is 5.72. The van der Waals surface area contributed by atoms with E-state index in [1.165, 1.54) is 12.1 Å². The molecule has 0 bridgehead atoms. The van der Waals surface area contributed by atoms with Gasteiger partial charge in [-0.25, -0.2) is 4.39 Å². The van der Waals surface area contributed by atoms with Gasteiger partial charge in [-0.15, -0.1) is 0 Å². The average Bonchev–Trinajstić information content (AvgIpc) is 2.89. The Morgan fingerprint density at radius 1 is 1.38 bits per heavy atom. The highest BCUT2D eigenvalue weighted by atomic mass is 19.1. The van der Waals surface area contributed by atoms with E-state index < -0.39 is 0 Å². The van der Waals surface area contributed by atoms with Crippen LogP contribution in [0.5, 0.6) is 0 Å². The minimum Gasteiger partial charge on any atom is -0.360 e. The van der Waals surface area contributed by atoms with E-state index in [0.29, 0.717) is 23.6 Å². The quantitative estimate of drug-likeness (QED) is 0.881. The Bertz CT molecular complexity index is 710. The van der Waals surface area contributed by atoms with Crippen molar-refractivity contribution in [2.75, 3.05) is 20.6 Å². The molecule has 0 unspecified atom stereocenters. The van der Waals surface area contributed by atoms with Crippen molar-refractivity contribution in [3.63, 3.8) is 0 Å². The number of rotatable bonds is 6. The first-order valence-electron chi connectivity index (χ1n) is 7.97. The second kappa shape index (κ2) is 7.57. The van der Waals surface area contributed by atoms with Gasteiger partial charge in [-0.05, 0) is 38.7 Å². The summed E-state index contributed by atoms with van der Waals surface area (Å²) < 4.78 is 18.7. The van der Waals surface area contributed by atoms with Crippen LogP contribution in [0.4, 0.5) is 4.39 Å². The molecule has 0 aliphatic carbocycles. The fraction of sp³-hybridized carbons (Fsp3) is 0.444. The van der Waals surface area contributed by atoms with Crippen LogP contribution in [0.3, 0.4) is 0 Å². The summed E-state index contributed by atoms with van der Waals surface area (Å²) in [4.78, 5) is 14.5. The first-order valence-corrected chi connectivity index (χ1v) is 7.97. The van der Waals surface area contributed by atoms with Gasteiger partial charge < -0.3 is 14.7 Å². The number of benzene rings is 1. The summed E-state index contributed by atoms with van der Waals surface area (Å²) in [6.07, 6.45) is 0. The Balaban J connectivity index is 2.16. The number of halogens is 1. The zero-order valence-corrected chi connectivity index (χ0v) is 14.8. The van der Waals surface area contributed by atoms with E-state index in [4.69, 9.17) is 4.52 Å². The molecule has 0 fully saturated rings. The minimum atomic E-state index is -0.289. The van der Waals surface area contributed by atoms with E-state index in [0.717, 1.165) is 5.56 Å². The predicted octanol–water partition coefficient (Wildman–Crippen LogP) is 3.28. The molecule has 1 heterocycles. The maximum absolute atomic E-state index is 13.5. The number of likely N-dealkylation sites (N-methyl/N-ethyl adjacent to an activating group) is 1. The number of aromatic nitrogens is 1. The average molecular weight is 333 g/mol. The van der Waals surface area contributed by atoms with E-state index in [1.807, 2.05) is 38.9 Å². The molecule has 1 atom stereocenters. The van der Waals surface area contributed by atoms with Gasteiger partial charge in [-0.1, -0.05) is 31.1 Å². The maximum Gasteiger partial charge on any atom is 0.256 e. The predicted molar refractivity (Wildman–Crippen MR) is 90.5 cm³/mol. The van der Waals surface area contributed by atoms with E-state index in [9.17, 15) is 9.18 Å². The molecule has 1 aromatic carbocycles. The third kappa shape index (κ3) is 4.00. The summed E-state index contributed by atoms with van der Waals surface area (Å²) in [5, 5.41) is 6.81. The van der Waals surface area contributed by atoms with Crippen molar-refractivity contribution in [3.8, 4) is 0 Å². The minimum absolute atomic E-state index is 0.0693. The van der Waals surface area contributed by atoms with Crippen LogP contribution < -0.4 is 5.32 Å². The molecule has 0 spiro atoms. The number of aryl methyl sites for hydroxylation is 1. The van der Waals surface area contributed by atoms with Gasteiger partial charge in [-0.3, -0.25) is 4.79 Å². The van der Waals surface area contributed by atoms with Gasteiger partial charge in [0.2, 0.25) is 0 Å². The van der Waals surface area contributed by atoms with E-state index in [-0.39, 0.29) is 23.7 Å². The molecule has 24 heavy (non-hydrogen) atoms. The molecule has 2 rings (SSSR count). The summed E-state index contributed by atoms with van der Waals surface area (Å²) >= 11 is 0. The third-order valence-electron chi connectivity index (χ3n) is 3.95. The summed E-state index contributed by atoms with van der Waals surface area (Å²) in [6.45, 7) is 6.01. The van der Waals surface area contributed by atoms with Crippen molar-refractivity contribution in [3.05, 3.63) is 52.7 Å². The number of carbonyl (C=O) groups excluding carboxylic acids is 1. The number of carbonyl (C=O) groups is 1. The third-order valence-corrected chi connectivity index (χ3v) is 3.95. The Hall–Kier alpha value is -2.21. The van der Waals surface area contributed by atoms with Crippen molar-refractivity contribution < 1.29 is 13.7 Å². The lowest BCUT2D eigenvalue weighted by atomic mass is 10.0. The number of hydrogen-bond acceptors (Lipinski definition) is 4. The second-order valence-electron chi connectivity index (χ2n) is 6.41. The van der Waals surface area contributed by atoms with Crippen LogP contribution in [0.15, 0.2) is 28.8 Å². The molecule has 5 nitrogen and oxygen atoms in total. The smallest absolute Gasteiger partial charge is 0.256 e. The molecular weight excluding hydrogens is 309 g/mol. The molecule has 1 N–H and O–H groups in total. The highest BCUT2D eigenvalue weighted by Gasteiger charge is 2.24. The fourth-order valence-corrected chi connectivity index (χ4v) is 2.65. The zero-order chi connectivity index (χ0) is 17.9. The summed E-state index contributed by atoms with van der Waals surface area (Å²) in [5.41, 5.74) is 1.87. The molecule has 0 aliphatic rings. The van der Waals surface area contributed by atoms with Crippen LogP contribution in [0.25, 0.3) is 0 Å². The van der Waals surface area contributed by atoms with Gasteiger partial charge >= 0.3 is 0 Å². The standard InChI is InChI=1S/C18H24FN3O2/c1-11(2)17-16(12(3)21-24-17)18(23)20-10-15(22(4)5)13-7-6-8-14(19)9-13/h6-9,11,15H,10H2,1-5H3,(H,20,23)/t15-/m0/s1. The number of nitrogens with zero attached hydrogens (tertiary/aromatic N) is 2. The number of hydrogen-bond donors (Lipinski definition) is 1. The van der Waals surface area contributed by atoms with Crippen molar-refractivity contribution in [2.24, 2.45) is 0 Å². The normalized spacial score (nSPS) is 12.7. The van der Waals surface area contributed by atoms with Crippen molar-refractivity contribution in [2.45, 2.75) is 32.7 Å². The molecule has 1 aromatic heterocycles. The number of nitrogens with one attached hydrogen (secondary N) is 1. The van der Waals surface area contributed by atoms with Crippen LogP contribution in [-0.4, -0.2) is 36.6 Å². The molecule has 130 valence electrons. The fourth-order valence-electron chi connectivity index (χ4n) is 2.65. The largest absolute Gasteiger partial charge is 0.360 e. The summed E-state index contributed by atoms with van der Waals surface area (Å²) in [5.74, 6) is 0.139. The lowest BCUT2D eigenvalue weighted by Gasteiger charge is -2.25. The van der Waals surface area contributed by atoms with E-state index in [2.05, 4.69) is 10.5 Å². The Morgan fingerprint density at radius 2 is 2.08 bits per heavy atom. The molecule has 0 radical (unpaired) electrons. The monoisotopic (exact) mass is 333 g/mol. The highest BCUT2D eigenvalue weighted by molar-refractivity contribution is 5.96. The molecule has 0 saturated heterocycles. The molecule has 6 heteroatoms. The molecular formula is C18H24FN3O2. The van der Waals surface area contributed by atoms with Crippen molar-refractivity contribution in [1.29, 1.82) is 0 Å². The van der Waals surface area contributed by atoms with Crippen molar-refractivity contribution >= 4 is 5.91 Å². The Labute approximate surface area is 141 Å². The van der Waals surface area contributed by atoms with E-state index >= 15 is 0 Å². The zero-order valence-electron chi connectivity index (χ0n) is 14.8. The molecule has 2 aromatic rings. The van der Waals surface area contributed by atoms with Gasteiger partial charge in [0, 0.05) is 12.5 Å². The topological polar surface area (TPSA) is 58.4 Å². The molecule has 0 aliphatic heterocycles. The van der Waals surface area contributed by atoms with Gasteiger partial charge in [-0.2, -0.15) is 0 Å². The Morgan fingerprint density at radius 3 is 2.67 bits per heavy atom. The van der Waals surface area contributed by atoms with Crippen LogP contribution in [0, 0.1) is 12.7 Å². The van der Waals surface area contributed by atoms with Crippen LogP contribution in [0.1, 0.15) is 53.2 Å². The maximum atomic E-state index is 13.5. The number of amides is 1. The van der Waals surface area contributed by atoms with Crippen molar-refractivity contribution in [1.82, 2.24) is 15.4 Å². The van der Waals surface area contributed by atoms with Gasteiger partial charge in [0.1, 0.15) is 11.4 Å². The second-order valence-corrected chi connectivity index (χ2v) is 6.41. The molecule has 0 saturated carbocycles. The van der Waals surface area contributed by atoms with Crippen LogP contribution in [-0.2, 0) is 0 Å². The summed E-state index contributed by atoms with van der Waals surface area (Å²) in [6, 6.07) is 6.28. The van der Waals surface area contributed by atoms with Gasteiger partial charge in [0.05, 0.1) is 11.7 Å². The first-order chi connectivity index (χ1) is 11.3.